The second kappa shape index (κ2) is 7.80. The Labute approximate surface area is 173 Å². The van der Waals surface area contributed by atoms with Crippen molar-refractivity contribution in [1.82, 2.24) is 0 Å². The Morgan fingerprint density at radius 3 is 2.57 bits per heavy atom. The van der Waals surface area contributed by atoms with E-state index in [0.29, 0.717) is 6.42 Å². The lowest BCUT2D eigenvalue weighted by Gasteiger charge is -2.13. The fourth-order valence-corrected chi connectivity index (χ4v) is 3.50. The molecule has 0 spiro atoms. The van der Waals surface area contributed by atoms with E-state index in [1.165, 1.54) is 0 Å². The lowest BCUT2D eigenvalue weighted by atomic mass is 9.99. The van der Waals surface area contributed by atoms with Gasteiger partial charge < -0.3 is 4.42 Å². The second-order valence-corrected chi connectivity index (χ2v) is 7.34. The van der Waals surface area contributed by atoms with Gasteiger partial charge in [0.15, 0.2) is 0 Å². The Morgan fingerprint density at radius 2 is 1.75 bits per heavy atom. The third kappa shape index (κ3) is 3.60. The van der Waals surface area contributed by atoms with E-state index in [1.54, 1.807) is 0 Å². The molecule has 1 aliphatic heterocycles. The van der Waals surface area contributed by atoms with Crippen LogP contribution in [0.3, 0.4) is 0 Å². The molecule has 1 aromatic heterocycles. The summed E-state index contributed by atoms with van der Waals surface area (Å²) in [5.41, 5.74) is 4.43. The Bertz CT molecular complexity index is 1190. The standard InChI is InChI=1S/C25H18BrNO/c1-18-17-20(26)14-16-27(21-9-4-3-5-10-21)15-8-12-23-22-11-6-7-13-24(22)28-25(23)19(18)2/h3-7,9-11,13-14,16-17H,1-2,12H2/b16-14-,20-17+. The van der Waals surface area contributed by atoms with Crippen LogP contribution >= 0.6 is 15.9 Å². The minimum absolute atomic E-state index is 0.556. The van der Waals surface area contributed by atoms with Crippen LogP contribution in [0.1, 0.15) is 11.3 Å². The molecule has 0 atom stereocenters. The number of allylic oxidation sites excluding steroid dienone is 5. The van der Waals surface area contributed by atoms with Crippen molar-refractivity contribution in [2.45, 2.75) is 6.42 Å². The van der Waals surface area contributed by atoms with Crippen molar-refractivity contribution in [2.75, 3.05) is 4.90 Å². The molecule has 4 rings (SSSR count). The van der Waals surface area contributed by atoms with Crippen LogP contribution in [-0.4, -0.2) is 0 Å². The molecule has 0 N–H and O–H groups in total. The number of hydrogen-bond acceptors (Lipinski definition) is 2. The topological polar surface area (TPSA) is 16.4 Å². The highest BCUT2D eigenvalue weighted by Crippen LogP contribution is 2.34. The summed E-state index contributed by atoms with van der Waals surface area (Å²) >= 11 is 3.59. The summed E-state index contributed by atoms with van der Waals surface area (Å²) in [4.78, 5) is 1.91. The monoisotopic (exact) mass is 427 g/mol. The van der Waals surface area contributed by atoms with Gasteiger partial charge in [0, 0.05) is 39.7 Å². The van der Waals surface area contributed by atoms with Gasteiger partial charge in [0.05, 0.1) is 5.69 Å². The van der Waals surface area contributed by atoms with Crippen LogP contribution in [0.2, 0.25) is 0 Å². The van der Waals surface area contributed by atoms with E-state index in [1.807, 2.05) is 71.8 Å². The van der Waals surface area contributed by atoms with Crippen LogP contribution < -0.4 is 4.90 Å². The Hall–Kier alpha value is -3.22. The van der Waals surface area contributed by atoms with Gasteiger partial charge in [0.2, 0.25) is 0 Å². The number of furan rings is 1. The fourth-order valence-electron chi connectivity index (χ4n) is 3.10. The molecule has 0 fully saturated rings. The predicted octanol–water partition coefficient (Wildman–Crippen LogP) is 6.82. The summed E-state index contributed by atoms with van der Waals surface area (Å²) < 4.78 is 6.99. The Morgan fingerprint density at radius 1 is 1.00 bits per heavy atom. The maximum absolute atomic E-state index is 6.12. The highest BCUT2D eigenvalue weighted by Gasteiger charge is 2.17. The molecular formula is C25H18BrNO. The number of fused-ring (bicyclic) bond motifs is 3. The molecule has 2 heterocycles. The average molecular weight is 428 g/mol. The summed E-state index contributed by atoms with van der Waals surface area (Å²) in [7, 11) is 0. The van der Waals surface area contributed by atoms with Crippen molar-refractivity contribution < 1.29 is 4.42 Å². The molecule has 0 saturated carbocycles. The molecule has 28 heavy (non-hydrogen) atoms. The summed E-state index contributed by atoms with van der Waals surface area (Å²) in [6.07, 6.45) is 6.38. The van der Waals surface area contributed by atoms with Crippen LogP contribution in [-0.2, 0) is 6.42 Å². The normalized spacial score (nSPS) is 17.6. The molecule has 3 aromatic rings. The van der Waals surface area contributed by atoms with Gasteiger partial charge in [-0.3, -0.25) is 4.90 Å². The number of nitrogens with zero attached hydrogens (tertiary/aromatic N) is 1. The molecule has 0 saturated heterocycles. The van der Waals surface area contributed by atoms with Gasteiger partial charge in [0.25, 0.3) is 0 Å². The minimum atomic E-state index is 0.556. The fraction of sp³-hybridized carbons (Fsp3) is 0.0400. The van der Waals surface area contributed by atoms with Crippen molar-refractivity contribution in [1.29, 1.82) is 0 Å². The first-order valence-corrected chi connectivity index (χ1v) is 9.70. The van der Waals surface area contributed by atoms with Crippen molar-refractivity contribution in [2.24, 2.45) is 0 Å². The van der Waals surface area contributed by atoms with Crippen LogP contribution in [0.25, 0.3) is 16.5 Å². The second-order valence-electron chi connectivity index (χ2n) is 6.43. The SMILES string of the molecule is C=C1/C=C(Br)\C=C/N(c2ccccc2)C#CCc2c(oc3ccccc23)C1=C. The number of rotatable bonds is 1. The third-order valence-electron chi connectivity index (χ3n) is 4.55. The molecule has 1 aliphatic rings. The van der Waals surface area contributed by atoms with Crippen molar-refractivity contribution in [3.63, 3.8) is 0 Å². The zero-order chi connectivity index (χ0) is 19.5. The van der Waals surface area contributed by atoms with Crippen LogP contribution in [0.5, 0.6) is 0 Å². The van der Waals surface area contributed by atoms with Crippen molar-refractivity contribution in [3.8, 4) is 12.0 Å². The molecule has 2 nitrogen and oxygen atoms in total. The first-order valence-electron chi connectivity index (χ1n) is 8.90. The van der Waals surface area contributed by atoms with Gasteiger partial charge in [-0.2, -0.15) is 0 Å². The van der Waals surface area contributed by atoms with E-state index >= 15 is 0 Å². The lowest BCUT2D eigenvalue weighted by Crippen LogP contribution is -2.07. The van der Waals surface area contributed by atoms with Gasteiger partial charge in [-0.05, 0) is 35.9 Å². The van der Waals surface area contributed by atoms with Gasteiger partial charge in [-0.1, -0.05) is 71.4 Å². The van der Waals surface area contributed by atoms with Gasteiger partial charge in [-0.15, -0.1) is 0 Å². The molecule has 2 aromatic carbocycles. The first kappa shape index (κ1) is 18.2. The Kier molecular flexibility index (Phi) is 5.06. The number of hydrogen-bond donors (Lipinski definition) is 0. The Balaban J connectivity index is 1.86. The summed E-state index contributed by atoms with van der Waals surface area (Å²) in [5, 5.41) is 1.06. The lowest BCUT2D eigenvalue weighted by molar-refractivity contribution is 0.596. The molecule has 0 bridgehead atoms. The van der Waals surface area contributed by atoms with Crippen LogP contribution in [0.15, 0.2) is 101 Å². The third-order valence-corrected chi connectivity index (χ3v) is 5.05. The van der Waals surface area contributed by atoms with Crippen molar-refractivity contribution in [3.05, 3.63) is 107 Å². The average Bonchev–Trinajstić information content (AvgIpc) is 3.08. The maximum Gasteiger partial charge on any atom is 0.139 e. The smallest absolute Gasteiger partial charge is 0.139 e. The molecule has 3 heteroatoms. The maximum atomic E-state index is 6.12. The molecule has 0 aliphatic carbocycles. The van der Waals surface area contributed by atoms with Crippen molar-refractivity contribution >= 4 is 38.2 Å². The quantitative estimate of drug-likeness (QED) is 0.396. The van der Waals surface area contributed by atoms with Gasteiger partial charge in [0.1, 0.15) is 11.3 Å². The predicted molar refractivity (Wildman–Crippen MR) is 121 cm³/mol. The minimum Gasteiger partial charge on any atom is -0.456 e. The highest BCUT2D eigenvalue weighted by atomic mass is 79.9. The summed E-state index contributed by atoms with van der Waals surface area (Å²) in [6, 6.07) is 21.3. The van der Waals surface area contributed by atoms with Crippen LogP contribution in [0.4, 0.5) is 5.69 Å². The summed E-state index contributed by atoms with van der Waals surface area (Å²) in [6.45, 7) is 8.39. The molecule has 0 unspecified atom stereocenters. The number of halogens is 1. The molecule has 136 valence electrons. The number of benzene rings is 2. The van der Waals surface area contributed by atoms with Crippen LogP contribution in [0, 0.1) is 12.0 Å². The van der Waals surface area contributed by atoms with E-state index in [-0.39, 0.29) is 0 Å². The van der Waals surface area contributed by atoms with E-state index in [4.69, 9.17) is 4.42 Å². The van der Waals surface area contributed by atoms with E-state index < -0.39 is 0 Å². The largest absolute Gasteiger partial charge is 0.456 e. The first-order chi connectivity index (χ1) is 13.6. The highest BCUT2D eigenvalue weighted by molar-refractivity contribution is 9.11. The van der Waals surface area contributed by atoms with Gasteiger partial charge >= 0.3 is 0 Å². The molecule has 0 radical (unpaired) electrons. The van der Waals surface area contributed by atoms with E-state index in [0.717, 1.165) is 43.6 Å². The summed E-state index contributed by atoms with van der Waals surface area (Å²) in [5.74, 6) is 4.04. The molecule has 0 amide bonds. The number of anilines is 1. The van der Waals surface area contributed by atoms with E-state index in [9.17, 15) is 0 Å². The zero-order valence-corrected chi connectivity index (χ0v) is 16.9. The number of para-hydroxylation sites is 2. The van der Waals surface area contributed by atoms with E-state index in [2.05, 4.69) is 47.1 Å². The zero-order valence-electron chi connectivity index (χ0n) is 15.3. The molecular weight excluding hydrogens is 410 g/mol. The van der Waals surface area contributed by atoms with Gasteiger partial charge in [-0.25, -0.2) is 0 Å².